The van der Waals surface area contributed by atoms with Gasteiger partial charge in [-0.1, -0.05) is 6.07 Å². The van der Waals surface area contributed by atoms with Crippen molar-refractivity contribution in [3.05, 3.63) is 53.6 Å². The van der Waals surface area contributed by atoms with Gasteiger partial charge in [0.15, 0.2) is 17.3 Å². The Hall–Kier alpha value is -2.86. The molecule has 0 heterocycles. The van der Waals surface area contributed by atoms with Gasteiger partial charge in [-0.15, -0.1) is 0 Å². The van der Waals surface area contributed by atoms with Crippen molar-refractivity contribution in [3.8, 4) is 11.5 Å². The third-order valence-corrected chi connectivity index (χ3v) is 3.97. The lowest BCUT2D eigenvalue weighted by Gasteiger charge is -2.18. The van der Waals surface area contributed by atoms with E-state index in [2.05, 4.69) is 5.32 Å². The summed E-state index contributed by atoms with van der Waals surface area (Å²) < 4.78 is 10.9. The Morgan fingerprint density at radius 2 is 1.78 bits per heavy atom. The highest BCUT2D eigenvalue weighted by Gasteiger charge is 2.10. The Morgan fingerprint density at radius 1 is 1.07 bits per heavy atom. The fourth-order valence-corrected chi connectivity index (χ4v) is 2.69. The Bertz CT molecular complexity index is 787. The highest BCUT2D eigenvalue weighted by molar-refractivity contribution is 5.96. The highest BCUT2D eigenvalue weighted by Crippen LogP contribution is 2.28. The quantitative estimate of drug-likeness (QED) is 0.686. The molecule has 0 saturated carbocycles. The molecule has 0 aliphatic heterocycles. The van der Waals surface area contributed by atoms with Gasteiger partial charge in [-0.05, 0) is 62.9 Å². The van der Waals surface area contributed by atoms with Crippen molar-refractivity contribution in [2.75, 3.05) is 32.6 Å². The largest absolute Gasteiger partial charge is 0.493 e. The number of ether oxygens (including phenoxy) is 2. The first-order chi connectivity index (χ1) is 12.9. The standard InChI is InChI=1S/C21H26N2O4/c1-5-27-19-11-6-16(12-20(19)26-4)13-23(3)14-21(25)22-18-9-7-17(8-10-18)15(2)24/h6-12H,5,13-14H2,1-4H3,(H,22,25). The Labute approximate surface area is 160 Å². The molecule has 0 atom stereocenters. The minimum atomic E-state index is -0.119. The van der Waals surface area contributed by atoms with Gasteiger partial charge in [0.05, 0.1) is 20.3 Å². The van der Waals surface area contributed by atoms with Gasteiger partial charge in [0.2, 0.25) is 5.91 Å². The number of methoxy groups -OCH3 is 1. The lowest BCUT2D eigenvalue weighted by molar-refractivity contribution is -0.117. The van der Waals surface area contributed by atoms with Gasteiger partial charge in [0, 0.05) is 17.8 Å². The van der Waals surface area contributed by atoms with Gasteiger partial charge in [-0.25, -0.2) is 0 Å². The average Bonchev–Trinajstić information content (AvgIpc) is 2.63. The highest BCUT2D eigenvalue weighted by atomic mass is 16.5. The SMILES string of the molecule is CCOc1ccc(CN(C)CC(=O)Nc2ccc(C(C)=O)cc2)cc1OC. The second-order valence-electron chi connectivity index (χ2n) is 6.27. The zero-order chi connectivity index (χ0) is 19.8. The van der Waals surface area contributed by atoms with Gasteiger partial charge in [0.25, 0.3) is 0 Å². The van der Waals surface area contributed by atoms with Crippen LogP contribution in [0.3, 0.4) is 0 Å². The molecular formula is C21H26N2O4. The number of hydrogen-bond donors (Lipinski definition) is 1. The molecule has 144 valence electrons. The number of likely N-dealkylation sites (N-methyl/N-ethyl adjacent to an activating group) is 1. The summed E-state index contributed by atoms with van der Waals surface area (Å²) >= 11 is 0. The third-order valence-electron chi connectivity index (χ3n) is 3.97. The molecule has 0 saturated heterocycles. The first kappa shape index (κ1) is 20.5. The van der Waals surface area contributed by atoms with Crippen molar-refractivity contribution in [3.63, 3.8) is 0 Å². The summed E-state index contributed by atoms with van der Waals surface area (Å²) in [6.45, 7) is 4.85. The molecule has 0 fully saturated rings. The van der Waals surface area contributed by atoms with E-state index in [9.17, 15) is 9.59 Å². The van der Waals surface area contributed by atoms with Crippen LogP contribution in [0.15, 0.2) is 42.5 Å². The molecule has 2 rings (SSSR count). The van der Waals surface area contributed by atoms with Crippen LogP contribution in [0.25, 0.3) is 0 Å². The topological polar surface area (TPSA) is 67.9 Å². The Kier molecular flexibility index (Phi) is 7.37. The van der Waals surface area contributed by atoms with E-state index in [0.717, 1.165) is 5.56 Å². The van der Waals surface area contributed by atoms with E-state index in [1.807, 2.05) is 37.1 Å². The lowest BCUT2D eigenvalue weighted by atomic mass is 10.1. The van der Waals surface area contributed by atoms with E-state index < -0.39 is 0 Å². The number of ketones is 1. The molecule has 0 unspecified atom stereocenters. The van der Waals surface area contributed by atoms with Gasteiger partial charge < -0.3 is 14.8 Å². The van der Waals surface area contributed by atoms with Crippen molar-refractivity contribution in [1.82, 2.24) is 4.90 Å². The van der Waals surface area contributed by atoms with Crippen LogP contribution in [-0.4, -0.2) is 43.9 Å². The Morgan fingerprint density at radius 3 is 2.37 bits per heavy atom. The second-order valence-corrected chi connectivity index (χ2v) is 6.27. The van der Waals surface area contributed by atoms with Crippen LogP contribution in [0.5, 0.6) is 11.5 Å². The van der Waals surface area contributed by atoms with Crippen LogP contribution >= 0.6 is 0 Å². The van der Waals surface area contributed by atoms with Gasteiger partial charge in [-0.2, -0.15) is 0 Å². The molecular weight excluding hydrogens is 344 g/mol. The molecule has 1 N–H and O–H groups in total. The molecule has 2 aromatic carbocycles. The van der Waals surface area contributed by atoms with E-state index in [-0.39, 0.29) is 18.2 Å². The minimum absolute atomic E-state index is 0.00149. The molecule has 1 amide bonds. The summed E-state index contributed by atoms with van der Waals surface area (Å²) in [5.41, 5.74) is 2.31. The van der Waals surface area contributed by atoms with E-state index in [0.29, 0.717) is 35.9 Å². The Balaban J connectivity index is 1.91. The fourth-order valence-electron chi connectivity index (χ4n) is 2.69. The van der Waals surface area contributed by atoms with E-state index in [1.54, 1.807) is 31.4 Å². The second kappa shape index (κ2) is 9.73. The summed E-state index contributed by atoms with van der Waals surface area (Å²) in [6, 6.07) is 12.6. The summed E-state index contributed by atoms with van der Waals surface area (Å²) in [7, 11) is 3.48. The van der Waals surface area contributed by atoms with Crippen molar-refractivity contribution in [1.29, 1.82) is 0 Å². The van der Waals surface area contributed by atoms with Crippen LogP contribution in [0.2, 0.25) is 0 Å². The molecule has 0 spiro atoms. The van der Waals surface area contributed by atoms with Crippen molar-refractivity contribution >= 4 is 17.4 Å². The maximum atomic E-state index is 12.2. The molecule has 27 heavy (non-hydrogen) atoms. The normalized spacial score (nSPS) is 10.6. The first-order valence-corrected chi connectivity index (χ1v) is 8.82. The van der Waals surface area contributed by atoms with Gasteiger partial charge >= 0.3 is 0 Å². The predicted molar refractivity (Wildman–Crippen MR) is 106 cm³/mol. The number of carbonyl (C=O) groups excluding carboxylic acids is 2. The molecule has 2 aromatic rings. The molecule has 0 radical (unpaired) electrons. The summed E-state index contributed by atoms with van der Waals surface area (Å²) in [5, 5.41) is 2.84. The first-order valence-electron chi connectivity index (χ1n) is 8.82. The van der Waals surface area contributed by atoms with Gasteiger partial charge in [0.1, 0.15) is 0 Å². The number of benzene rings is 2. The van der Waals surface area contributed by atoms with E-state index in [4.69, 9.17) is 9.47 Å². The molecule has 6 nitrogen and oxygen atoms in total. The summed E-state index contributed by atoms with van der Waals surface area (Å²) in [5.74, 6) is 1.26. The average molecular weight is 370 g/mol. The maximum Gasteiger partial charge on any atom is 0.238 e. The van der Waals surface area contributed by atoms with Crippen LogP contribution in [0.1, 0.15) is 29.8 Å². The summed E-state index contributed by atoms with van der Waals surface area (Å²) in [6.07, 6.45) is 0. The predicted octanol–water partition coefficient (Wildman–Crippen LogP) is 3.37. The number of nitrogens with zero attached hydrogens (tertiary/aromatic N) is 1. The zero-order valence-electron chi connectivity index (χ0n) is 16.2. The van der Waals surface area contributed by atoms with Crippen molar-refractivity contribution in [2.24, 2.45) is 0 Å². The van der Waals surface area contributed by atoms with Crippen LogP contribution in [0, 0.1) is 0 Å². The van der Waals surface area contributed by atoms with Crippen molar-refractivity contribution < 1.29 is 19.1 Å². The zero-order valence-corrected chi connectivity index (χ0v) is 16.2. The molecule has 0 aliphatic rings. The van der Waals surface area contributed by atoms with Crippen LogP contribution in [0.4, 0.5) is 5.69 Å². The molecule has 0 aromatic heterocycles. The number of anilines is 1. The number of amides is 1. The van der Waals surface area contributed by atoms with Crippen LogP contribution in [-0.2, 0) is 11.3 Å². The molecule has 6 heteroatoms. The number of Topliss-reactive ketones (excluding diaryl/α,β-unsaturated/α-hetero) is 1. The molecule has 0 bridgehead atoms. The van der Waals surface area contributed by atoms with Gasteiger partial charge in [-0.3, -0.25) is 14.5 Å². The van der Waals surface area contributed by atoms with Crippen LogP contribution < -0.4 is 14.8 Å². The number of carbonyl (C=O) groups is 2. The monoisotopic (exact) mass is 370 g/mol. The fraction of sp³-hybridized carbons (Fsp3) is 0.333. The molecule has 0 aliphatic carbocycles. The third kappa shape index (κ3) is 6.11. The van der Waals surface area contributed by atoms with Crippen molar-refractivity contribution in [2.45, 2.75) is 20.4 Å². The number of nitrogens with one attached hydrogen (secondary N) is 1. The maximum absolute atomic E-state index is 12.2. The van der Waals surface area contributed by atoms with E-state index >= 15 is 0 Å². The number of rotatable bonds is 9. The lowest BCUT2D eigenvalue weighted by Crippen LogP contribution is -2.29. The summed E-state index contributed by atoms with van der Waals surface area (Å²) in [4.78, 5) is 25.4. The minimum Gasteiger partial charge on any atom is -0.493 e. The van der Waals surface area contributed by atoms with E-state index in [1.165, 1.54) is 6.92 Å². The smallest absolute Gasteiger partial charge is 0.238 e. The number of hydrogen-bond acceptors (Lipinski definition) is 5.